The van der Waals surface area contributed by atoms with Gasteiger partial charge in [-0.1, -0.05) is 0 Å². The van der Waals surface area contributed by atoms with Crippen molar-refractivity contribution in [3.05, 3.63) is 23.9 Å². The number of anilines is 1. The number of aromatic nitrogens is 1. The van der Waals surface area contributed by atoms with Gasteiger partial charge in [-0.05, 0) is 25.0 Å². The highest BCUT2D eigenvalue weighted by Gasteiger charge is 2.21. The monoisotopic (exact) mass is 293 g/mol. The highest BCUT2D eigenvalue weighted by molar-refractivity contribution is 5.93. The molecule has 1 aliphatic heterocycles. The number of rotatable bonds is 6. The summed E-state index contributed by atoms with van der Waals surface area (Å²) in [6, 6.07) is 3.28. The van der Waals surface area contributed by atoms with E-state index in [1.165, 1.54) is 0 Å². The van der Waals surface area contributed by atoms with Gasteiger partial charge in [-0.3, -0.25) is 9.59 Å². The Morgan fingerprint density at radius 3 is 2.76 bits per heavy atom. The topological polar surface area (TPSA) is 106 Å². The Hall–Kier alpha value is -2.15. The standard InChI is InChI=1S/C14H19N3O4/c15-14(20)10-1-5-16-12(9-10)17-6-2-11(3-7-17)21-8-4-13(18)19/h1,5,9,11H,2-4,6-8H2,(H2,15,20)(H,18,19). The first-order valence-electron chi connectivity index (χ1n) is 6.90. The lowest BCUT2D eigenvalue weighted by atomic mass is 10.1. The normalized spacial score (nSPS) is 15.9. The molecule has 1 aliphatic rings. The van der Waals surface area contributed by atoms with Gasteiger partial charge in [-0.2, -0.15) is 0 Å². The van der Waals surface area contributed by atoms with Gasteiger partial charge in [0.05, 0.1) is 19.1 Å². The molecule has 7 nitrogen and oxygen atoms in total. The van der Waals surface area contributed by atoms with Gasteiger partial charge in [0.25, 0.3) is 0 Å². The number of pyridine rings is 1. The number of carbonyl (C=O) groups is 2. The Morgan fingerprint density at radius 1 is 1.43 bits per heavy atom. The molecular formula is C14H19N3O4. The fourth-order valence-corrected chi connectivity index (χ4v) is 2.31. The number of carboxylic acid groups (broad SMARTS) is 1. The van der Waals surface area contributed by atoms with Gasteiger partial charge >= 0.3 is 5.97 Å². The van der Waals surface area contributed by atoms with Crippen LogP contribution in [0, 0.1) is 0 Å². The summed E-state index contributed by atoms with van der Waals surface area (Å²) in [5, 5.41) is 8.57. The average Bonchev–Trinajstić information content (AvgIpc) is 2.48. The lowest BCUT2D eigenvalue weighted by Gasteiger charge is -2.32. The lowest BCUT2D eigenvalue weighted by molar-refractivity contribution is -0.138. The van der Waals surface area contributed by atoms with Crippen LogP contribution in [0.15, 0.2) is 18.3 Å². The molecule has 0 aromatic carbocycles. The molecule has 0 bridgehead atoms. The first-order chi connectivity index (χ1) is 10.1. The third-order valence-corrected chi connectivity index (χ3v) is 3.47. The number of nitrogens with two attached hydrogens (primary N) is 1. The van der Waals surface area contributed by atoms with Crippen LogP contribution in [0.4, 0.5) is 5.82 Å². The molecule has 2 rings (SSSR count). The molecule has 114 valence electrons. The van der Waals surface area contributed by atoms with Crippen molar-refractivity contribution >= 4 is 17.7 Å². The molecule has 3 N–H and O–H groups in total. The highest BCUT2D eigenvalue weighted by atomic mass is 16.5. The minimum Gasteiger partial charge on any atom is -0.481 e. The zero-order valence-electron chi connectivity index (χ0n) is 11.7. The van der Waals surface area contributed by atoms with E-state index in [-0.39, 0.29) is 19.1 Å². The van der Waals surface area contributed by atoms with Gasteiger partial charge in [-0.25, -0.2) is 4.98 Å². The maximum atomic E-state index is 11.2. The Labute approximate surface area is 122 Å². The zero-order chi connectivity index (χ0) is 15.2. The summed E-state index contributed by atoms with van der Waals surface area (Å²) in [7, 11) is 0. The van der Waals surface area contributed by atoms with Gasteiger partial charge in [-0.15, -0.1) is 0 Å². The molecule has 0 atom stereocenters. The van der Waals surface area contributed by atoms with Crippen molar-refractivity contribution in [3.8, 4) is 0 Å². The van der Waals surface area contributed by atoms with E-state index >= 15 is 0 Å². The smallest absolute Gasteiger partial charge is 0.305 e. The Kier molecular flexibility index (Phi) is 5.10. The van der Waals surface area contributed by atoms with E-state index in [0.717, 1.165) is 31.7 Å². The predicted molar refractivity (Wildman–Crippen MR) is 76.2 cm³/mol. The first kappa shape index (κ1) is 15.2. The number of aliphatic carboxylic acids is 1. The van der Waals surface area contributed by atoms with Crippen molar-refractivity contribution in [2.45, 2.75) is 25.4 Å². The Balaban J connectivity index is 1.84. The molecule has 0 aliphatic carbocycles. The van der Waals surface area contributed by atoms with Crippen molar-refractivity contribution in [2.24, 2.45) is 5.73 Å². The van der Waals surface area contributed by atoms with Crippen molar-refractivity contribution in [1.82, 2.24) is 4.98 Å². The minimum atomic E-state index is -0.847. The van der Waals surface area contributed by atoms with Gasteiger partial charge < -0.3 is 20.5 Å². The SMILES string of the molecule is NC(=O)c1ccnc(N2CCC(OCCC(=O)O)CC2)c1. The molecule has 1 saturated heterocycles. The van der Waals surface area contributed by atoms with Crippen molar-refractivity contribution in [1.29, 1.82) is 0 Å². The predicted octanol–water partition coefficient (Wildman–Crippen LogP) is 0.641. The maximum Gasteiger partial charge on any atom is 0.305 e. The van der Waals surface area contributed by atoms with E-state index in [2.05, 4.69) is 9.88 Å². The van der Waals surface area contributed by atoms with Crippen LogP contribution >= 0.6 is 0 Å². The number of ether oxygens (including phenoxy) is 1. The first-order valence-corrected chi connectivity index (χ1v) is 6.90. The minimum absolute atomic E-state index is 0.0302. The summed E-state index contributed by atoms with van der Waals surface area (Å²) in [5.74, 6) is -0.583. The van der Waals surface area contributed by atoms with Gasteiger partial charge in [0.1, 0.15) is 5.82 Å². The number of primary amides is 1. The van der Waals surface area contributed by atoms with Gasteiger partial charge in [0.15, 0.2) is 0 Å². The van der Waals surface area contributed by atoms with Gasteiger partial charge in [0, 0.05) is 24.8 Å². The van der Waals surface area contributed by atoms with E-state index in [1.54, 1.807) is 18.3 Å². The van der Waals surface area contributed by atoms with Crippen LogP contribution < -0.4 is 10.6 Å². The van der Waals surface area contributed by atoms with Crippen molar-refractivity contribution < 1.29 is 19.4 Å². The number of piperidine rings is 1. The quantitative estimate of drug-likeness (QED) is 0.797. The second-order valence-corrected chi connectivity index (χ2v) is 4.97. The summed E-state index contributed by atoms with van der Waals surface area (Å²) in [4.78, 5) is 27.9. The van der Waals surface area contributed by atoms with Gasteiger partial charge in [0.2, 0.25) is 5.91 Å². The number of nitrogens with zero attached hydrogens (tertiary/aromatic N) is 2. The molecule has 2 heterocycles. The van der Waals surface area contributed by atoms with Crippen LogP contribution in [0.3, 0.4) is 0 Å². The number of hydrogen-bond acceptors (Lipinski definition) is 5. The number of amides is 1. The highest BCUT2D eigenvalue weighted by Crippen LogP contribution is 2.20. The van der Waals surface area contributed by atoms with E-state index in [4.69, 9.17) is 15.6 Å². The maximum absolute atomic E-state index is 11.2. The second kappa shape index (κ2) is 7.03. The largest absolute Gasteiger partial charge is 0.481 e. The van der Waals surface area contributed by atoms with Crippen LogP contribution in [-0.2, 0) is 9.53 Å². The molecule has 1 amide bonds. The zero-order valence-corrected chi connectivity index (χ0v) is 11.7. The molecule has 1 fully saturated rings. The second-order valence-electron chi connectivity index (χ2n) is 4.97. The van der Waals surface area contributed by atoms with Crippen LogP contribution in [0.25, 0.3) is 0 Å². The third-order valence-electron chi connectivity index (χ3n) is 3.47. The Bertz CT molecular complexity index is 513. The van der Waals surface area contributed by atoms with Crippen LogP contribution in [0.1, 0.15) is 29.6 Å². The molecule has 0 unspecified atom stereocenters. The summed E-state index contributed by atoms with van der Waals surface area (Å²) in [6.07, 6.45) is 3.30. The fourth-order valence-electron chi connectivity index (χ4n) is 2.31. The number of carbonyl (C=O) groups excluding carboxylic acids is 1. The van der Waals surface area contributed by atoms with Crippen LogP contribution in [-0.4, -0.2) is 47.8 Å². The molecule has 7 heteroatoms. The molecule has 0 saturated carbocycles. The van der Waals surface area contributed by atoms with E-state index in [1.807, 2.05) is 0 Å². The van der Waals surface area contributed by atoms with Crippen LogP contribution in [0.5, 0.6) is 0 Å². The average molecular weight is 293 g/mol. The fraction of sp³-hybridized carbons (Fsp3) is 0.500. The number of hydrogen-bond donors (Lipinski definition) is 2. The third kappa shape index (κ3) is 4.42. The van der Waals surface area contributed by atoms with Crippen molar-refractivity contribution in [2.75, 3.05) is 24.6 Å². The summed E-state index contributed by atoms with van der Waals surface area (Å²) < 4.78 is 5.54. The number of carboxylic acids is 1. The molecular weight excluding hydrogens is 274 g/mol. The molecule has 0 radical (unpaired) electrons. The molecule has 0 spiro atoms. The van der Waals surface area contributed by atoms with E-state index in [9.17, 15) is 9.59 Å². The van der Waals surface area contributed by atoms with Crippen molar-refractivity contribution in [3.63, 3.8) is 0 Å². The summed E-state index contributed by atoms with van der Waals surface area (Å²) >= 11 is 0. The Morgan fingerprint density at radius 2 is 2.14 bits per heavy atom. The molecule has 1 aromatic rings. The molecule has 1 aromatic heterocycles. The van der Waals surface area contributed by atoms with E-state index in [0.29, 0.717) is 5.56 Å². The lowest BCUT2D eigenvalue weighted by Crippen LogP contribution is -2.37. The summed E-state index contributed by atoms with van der Waals surface area (Å²) in [6.45, 7) is 1.76. The summed E-state index contributed by atoms with van der Waals surface area (Å²) in [5.41, 5.74) is 5.70. The van der Waals surface area contributed by atoms with E-state index < -0.39 is 11.9 Å². The molecule has 21 heavy (non-hydrogen) atoms. The van der Waals surface area contributed by atoms with Crippen LogP contribution in [0.2, 0.25) is 0 Å².